The summed E-state index contributed by atoms with van der Waals surface area (Å²) in [7, 11) is 0. The Hall–Kier alpha value is -2.01. The molecule has 0 heterocycles. The molecule has 2 nitrogen and oxygen atoms in total. The summed E-state index contributed by atoms with van der Waals surface area (Å²) in [5, 5.41) is 3.28. The van der Waals surface area contributed by atoms with Crippen molar-refractivity contribution in [2.75, 3.05) is 0 Å². The number of benzene rings is 2. The maximum Gasteiger partial charge on any atom is 0.416 e. The van der Waals surface area contributed by atoms with Crippen molar-refractivity contribution in [1.82, 2.24) is 5.32 Å². The van der Waals surface area contributed by atoms with Crippen LogP contribution in [-0.2, 0) is 12.7 Å². The summed E-state index contributed by atoms with van der Waals surface area (Å²) in [5.41, 5.74) is 0.292. The number of hydrogen-bond donors (Lipinski definition) is 1. The lowest BCUT2D eigenvalue weighted by Gasteiger charge is -2.12. The molecule has 22 heavy (non-hydrogen) atoms. The zero-order valence-corrected chi connectivity index (χ0v) is 12.4. The van der Waals surface area contributed by atoms with Crippen molar-refractivity contribution in [3.63, 3.8) is 0 Å². The molecule has 0 bridgehead atoms. The molecule has 2 aromatic rings. The lowest BCUT2D eigenvalue weighted by Crippen LogP contribution is -2.21. The van der Waals surface area contributed by atoms with Crippen LogP contribution in [0.15, 0.2) is 48.5 Å². The summed E-state index contributed by atoms with van der Waals surface area (Å²) in [6.45, 7) is 4.77. The summed E-state index contributed by atoms with van der Waals surface area (Å²) in [6.07, 6.45) is -4.37. The summed E-state index contributed by atoms with van der Waals surface area (Å²) in [6, 6.07) is 12.5. The third-order valence-electron chi connectivity index (χ3n) is 3.01. The Morgan fingerprint density at radius 2 is 1.64 bits per heavy atom. The Balaban J connectivity index is 2.12. The van der Waals surface area contributed by atoms with Gasteiger partial charge in [0.25, 0.3) is 0 Å². The van der Waals surface area contributed by atoms with Crippen molar-refractivity contribution < 1.29 is 17.9 Å². The van der Waals surface area contributed by atoms with Crippen LogP contribution < -0.4 is 10.1 Å². The van der Waals surface area contributed by atoms with E-state index in [1.165, 1.54) is 12.1 Å². The summed E-state index contributed by atoms with van der Waals surface area (Å²) in [5.74, 6) is 0.686. The van der Waals surface area contributed by atoms with E-state index >= 15 is 0 Å². The molecule has 0 amide bonds. The number of hydrogen-bond acceptors (Lipinski definition) is 2. The SMILES string of the molecule is CC(C)NCc1cccc(Oc2cccc(C(F)(F)F)c2)c1. The first kappa shape index (κ1) is 16.4. The number of alkyl halides is 3. The van der Waals surface area contributed by atoms with Crippen molar-refractivity contribution >= 4 is 0 Å². The first-order valence-electron chi connectivity index (χ1n) is 7.02. The molecule has 5 heteroatoms. The van der Waals surface area contributed by atoms with E-state index < -0.39 is 11.7 Å². The molecular weight excluding hydrogens is 291 g/mol. The molecule has 1 N–H and O–H groups in total. The van der Waals surface area contributed by atoms with Crippen LogP contribution in [0.5, 0.6) is 11.5 Å². The van der Waals surface area contributed by atoms with E-state index in [0.29, 0.717) is 18.3 Å². The van der Waals surface area contributed by atoms with Crippen molar-refractivity contribution in [3.05, 3.63) is 59.7 Å². The van der Waals surface area contributed by atoms with Gasteiger partial charge in [-0.05, 0) is 35.9 Å². The molecular formula is C17H18F3NO. The second-order valence-electron chi connectivity index (χ2n) is 5.31. The Labute approximate surface area is 127 Å². The molecule has 0 radical (unpaired) electrons. The molecule has 0 fully saturated rings. The fourth-order valence-electron chi connectivity index (χ4n) is 1.91. The van der Waals surface area contributed by atoms with Gasteiger partial charge < -0.3 is 10.1 Å². The average Bonchev–Trinajstić information content (AvgIpc) is 2.45. The molecule has 0 saturated carbocycles. The summed E-state index contributed by atoms with van der Waals surface area (Å²) < 4.78 is 43.6. The number of nitrogens with one attached hydrogen (secondary N) is 1. The minimum atomic E-state index is -4.37. The third-order valence-corrected chi connectivity index (χ3v) is 3.01. The second kappa shape index (κ2) is 6.83. The van der Waals surface area contributed by atoms with Gasteiger partial charge in [0.2, 0.25) is 0 Å². The molecule has 2 rings (SSSR count). The predicted molar refractivity (Wildman–Crippen MR) is 79.9 cm³/mol. The molecule has 0 atom stereocenters. The molecule has 0 aliphatic rings. The van der Waals surface area contributed by atoms with Gasteiger partial charge in [0.05, 0.1) is 5.56 Å². The highest BCUT2D eigenvalue weighted by atomic mass is 19.4. The topological polar surface area (TPSA) is 21.3 Å². The molecule has 118 valence electrons. The highest BCUT2D eigenvalue weighted by Gasteiger charge is 2.30. The minimum absolute atomic E-state index is 0.170. The van der Waals surface area contributed by atoms with E-state index in [9.17, 15) is 13.2 Å². The van der Waals surface area contributed by atoms with E-state index in [0.717, 1.165) is 17.7 Å². The summed E-state index contributed by atoms with van der Waals surface area (Å²) >= 11 is 0. The van der Waals surface area contributed by atoms with E-state index in [2.05, 4.69) is 5.32 Å². The van der Waals surface area contributed by atoms with Gasteiger partial charge in [0.1, 0.15) is 11.5 Å². The first-order chi connectivity index (χ1) is 10.3. The Bertz CT molecular complexity index is 623. The third kappa shape index (κ3) is 4.77. The maximum absolute atomic E-state index is 12.7. The largest absolute Gasteiger partial charge is 0.457 e. The van der Waals surface area contributed by atoms with Gasteiger partial charge in [-0.3, -0.25) is 0 Å². The standard InChI is InChI=1S/C17H18F3NO/c1-12(2)21-11-13-5-3-7-15(9-13)22-16-8-4-6-14(10-16)17(18,19)20/h3-10,12,21H,11H2,1-2H3. The summed E-state index contributed by atoms with van der Waals surface area (Å²) in [4.78, 5) is 0. The molecule has 0 aromatic heterocycles. The fraction of sp³-hybridized carbons (Fsp3) is 0.294. The van der Waals surface area contributed by atoms with Gasteiger partial charge in [-0.15, -0.1) is 0 Å². The van der Waals surface area contributed by atoms with Crippen LogP contribution >= 0.6 is 0 Å². The normalized spacial score (nSPS) is 11.7. The van der Waals surface area contributed by atoms with Crippen molar-refractivity contribution in [3.8, 4) is 11.5 Å². The minimum Gasteiger partial charge on any atom is -0.457 e. The van der Waals surface area contributed by atoms with Crippen LogP contribution in [0.2, 0.25) is 0 Å². The van der Waals surface area contributed by atoms with Crippen molar-refractivity contribution in [2.24, 2.45) is 0 Å². The van der Waals surface area contributed by atoms with Crippen LogP contribution in [0.3, 0.4) is 0 Å². The van der Waals surface area contributed by atoms with Crippen LogP contribution in [-0.4, -0.2) is 6.04 Å². The van der Waals surface area contributed by atoms with Gasteiger partial charge in [-0.1, -0.05) is 32.0 Å². The lowest BCUT2D eigenvalue weighted by atomic mass is 10.2. The molecule has 0 aliphatic heterocycles. The maximum atomic E-state index is 12.7. The van der Waals surface area contributed by atoms with E-state index in [1.54, 1.807) is 6.07 Å². The quantitative estimate of drug-likeness (QED) is 0.839. The zero-order chi connectivity index (χ0) is 16.2. The van der Waals surface area contributed by atoms with Crippen molar-refractivity contribution in [2.45, 2.75) is 32.6 Å². The van der Waals surface area contributed by atoms with Gasteiger partial charge in [0, 0.05) is 12.6 Å². The molecule has 2 aromatic carbocycles. The Morgan fingerprint density at radius 3 is 2.27 bits per heavy atom. The van der Waals surface area contributed by atoms with Crippen molar-refractivity contribution in [1.29, 1.82) is 0 Å². The molecule has 0 unspecified atom stereocenters. The van der Waals surface area contributed by atoms with Gasteiger partial charge in [0.15, 0.2) is 0 Å². The number of halogens is 3. The fourth-order valence-corrected chi connectivity index (χ4v) is 1.91. The number of rotatable bonds is 5. The van der Waals surface area contributed by atoms with Crippen LogP contribution in [0.1, 0.15) is 25.0 Å². The van der Waals surface area contributed by atoms with Crippen LogP contribution in [0.25, 0.3) is 0 Å². The molecule has 0 spiro atoms. The lowest BCUT2D eigenvalue weighted by molar-refractivity contribution is -0.137. The Kier molecular flexibility index (Phi) is 5.08. The first-order valence-corrected chi connectivity index (χ1v) is 7.02. The Morgan fingerprint density at radius 1 is 1.00 bits per heavy atom. The second-order valence-corrected chi connectivity index (χ2v) is 5.31. The van der Waals surface area contributed by atoms with E-state index in [-0.39, 0.29) is 5.75 Å². The van der Waals surface area contributed by atoms with Gasteiger partial charge in [-0.25, -0.2) is 0 Å². The molecule has 0 aliphatic carbocycles. The van der Waals surface area contributed by atoms with Gasteiger partial charge >= 0.3 is 6.18 Å². The van der Waals surface area contributed by atoms with E-state index in [4.69, 9.17) is 4.74 Å². The smallest absolute Gasteiger partial charge is 0.416 e. The van der Waals surface area contributed by atoms with Crippen LogP contribution in [0, 0.1) is 0 Å². The highest BCUT2D eigenvalue weighted by Crippen LogP contribution is 2.32. The van der Waals surface area contributed by atoms with Gasteiger partial charge in [-0.2, -0.15) is 13.2 Å². The monoisotopic (exact) mass is 309 g/mol. The number of ether oxygens (including phenoxy) is 1. The van der Waals surface area contributed by atoms with E-state index in [1.807, 2.05) is 32.0 Å². The zero-order valence-electron chi connectivity index (χ0n) is 12.4. The highest BCUT2D eigenvalue weighted by molar-refractivity contribution is 5.36. The predicted octanol–water partition coefficient (Wildman–Crippen LogP) is 5.00. The molecule has 0 saturated heterocycles. The van der Waals surface area contributed by atoms with Crippen LogP contribution in [0.4, 0.5) is 13.2 Å². The average molecular weight is 309 g/mol.